The number of nitrogens with zero attached hydrogens (tertiary/aromatic N) is 1. The van der Waals surface area contributed by atoms with Gasteiger partial charge in [0, 0.05) is 14.0 Å². The van der Waals surface area contributed by atoms with E-state index in [0.717, 1.165) is 0 Å². The molecule has 4 heteroatoms. The molecular formula is C18H37ClN2S. The van der Waals surface area contributed by atoms with Crippen molar-refractivity contribution in [2.24, 2.45) is 0 Å². The minimum absolute atomic E-state index is 0. The van der Waals surface area contributed by atoms with Crippen LogP contribution in [-0.2, 0) is 0 Å². The number of hydrogen-bond donors (Lipinski definition) is 1. The van der Waals surface area contributed by atoms with Gasteiger partial charge in [-0.05, 0) is 12.2 Å². The molecule has 0 aliphatic carbocycles. The zero-order valence-electron chi connectivity index (χ0n) is 15.0. The van der Waals surface area contributed by atoms with Crippen LogP contribution in [0.5, 0.6) is 0 Å². The molecule has 0 aromatic rings. The Labute approximate surface area is 149 Å². The fourth-order valence-corrected chi connectivity index (χ4v) is 3.92. The van der Waals surface area contributed by atoms with Crippen molar-refractivity contribution in [3.8, 4) is 0 Å². The molecule has 0 radical (unpaired) electrons. The topological polar surface area (TPSA) is 7.68 Å². The highest BCUT2D eigenvalue weighted by Gasteiger charge is 2.22. The van der Waals surface area contributed by atoms with E-state index in [1.54, 1.807) is 4.90 Å². The summed E-state index contributed by atoms with van der Waals surface area (Å²) in [6, 6.07) is 0. The fourth-order valence-electron chi connectivity index (χ4n) is 2.79. The summed E-state index contributed by atoms with van der Waals surface area (Å²) in [6.07, 6.45) is 19.5. The average Bonchev–Trinajstić information content (AvgIpc) is 2.80. The van der Waals surface area contributed by atoms with Crippen molar-refractivity contribution >= 4 is 11.8 Å². The Morgan fingerprint density at radius 2 is 1.50 bits per heavy atom. The van der Waals surface area contributed by atoms with E-state index in [2.05, 4.69) is 50.0 Å². The summed E-state index contributed by atoms with van der Waals surface area (Å²) in [7, 11) is 2.17. The Hall–Kier alpha value is 0.140. The largest absolute Gasteiger partial charge is 1.00 e. The number of hydrogen-bond acceptors (Lipinski definition) is 2. The molecule has 0 spiro atoms. The van der Waals surface area contributed by atoms with Crippen LogP contribution in [0.2, 0.25) is 0 Å². The summed E-state index contributed by atoms with van der Waals surface area (Å²) in [4.78, 5) is 3.89. The molecule has 2 unspecified atom stereocenters. The van der Waals surface area contributed by atoms with Crippen LogP contribution in [0.15, 0.2) is 12.4 Å². The van der Waals surface area contributed by atoms with Gasteiger partial charge in [0.05, 0.1) is 6.20 Å². The quantitative estimate of drug-likeness (QED) is 0.501. The maximum Gasteiger partial charge on any atom is 0.164 e. The first-order valence-electron chi connectivity index (χ1n) is 9.09. The van der Waals surface area contributed by atoms with Crippen LogP contribution < -0.4 is 17.3 Å². The second-order valence-corrected chi connectivity index (χ2v) is 7.57. The van der Waals surface area contributed by atoms with Crippen LogP contribution in [-0.4, -0.2) is 29.7 Å². The first-order valence-corrected chi connectivity index (χ1v) is 10.2. The monoisotopic (exact) mass is 348 g/mol. The SMILES string of the molecule is CCCCCCCCCCCCSC[NH+]1C=CN(C)C1C.[Cl-]. The molecule has 0 aromatic heterocycles. The second-order valence-electron chi connectivity index (χ2n) is 6.47. The molecule has 132 valence electrons. The lowest BCUT2D eigenvalue weighted by Crippen LogP contribution is -3.10. The van der Waals surface area contributed by atoms with E-state index in [1.807, 2.05) is 0 Å². The van der Waals surface area contributed by atoms with Gasteiger partial charge >= 0.3 is 0 Å². The molecule has 2 nitrogen and oxygen atoms in total. The lowest BCUT2D eigenvalue weighted by Gasteiger charge is -2.21. The van der Waals surface area contributed by atoms with Crippen LogP contribution in [0.1, 0.15) is 78.1 Å². The summed E-state index contributed by atoms with van der Waals surface area (Å²) in [6.45, 7) is 4.59. The average molecular weight is 349 g/mol. The molecule has 0 saturated heterocycles. The normalized spacial score (nSPS) is 20.4. The molecule has 1 aliphatic rings. The number of rotatable bonds is 13. The zero-order valence-corrected chi connectivity index (χ0v) is 16.5. The molecule has 0 saturated carbocycles. The van der Waals surface area contributed by atoms with Crippen LogP contribution in [0.3, 0.4) is 0 Å². The molecule has 0 bridgehead atoms. The Balaban J connectivity index is 0.00000441. The number of halogens is 1. The third-order valence-corrected chi connectivity index (χ3v) is 5.70. The molecule has 0 fully saturated rings. The smallest absolute Gasteiger partial charge is 0.164 e. The van der Waals surface area contributed by atoms with Gasteiger partial charge in [-0.1, -0.05) is 64.7 Å². The Morgan fingerprint density at radius 3 is 2.00 bits per heavy atom. The lowest BCUT2D eigenvalue weighted by molar-refractivity contribution is -0.861. The van der Waals surface area contributed by atoms with Gasteiger partial charge < -0.3 is 17.3 Å². The van der Waals surface area contributed by atoms with Crippen molar-refractivity contribution < 1.29 is 17.3 Å². The summed E-state index contributed by atoms with van der Waals surface area (Å²) >= 11 is 2.12. The first kappa shape index (κ1) is 22.1. The van der Waals surface area contributed by atoms with Crippen molar-refractivity contribution in [3.05, 3.63) is 12.4 Å². The highest BCUT2D eigenvalue weighted by molar-refractivity contribution is 7.99. The Bertz CT molecular complexity index is 274. The van der Waals surface area contributed by atoms with Gasteiger partial charge in [0.15, 0.2) is 6.17 Å². The minimum atomic E-state index is 0. The molecule has 2 atom stereocenters. The van der Waals surface area contributed by atoms with Crippen molar-refractivity contribution in [2.45, 2.75) is 84.2 Å². The van der Waals surface area contributed by atoms with Crippen molar-refractivity contribution in [2.75, 3.05) is 18.7 Å². The Kier molecular flexibility index (Phi) is 14.8. The van der Waals surface area contributed by atoms with E-state index in [0.29, 0.717) is 6.17 Å². The molecule has 1 aliphatic heterocycles. The highest BCUT2D eigenvalue weighted by Crippen LogP contribution is 2.12. The molecule has 0 amide bonds. The summed E-state index contributed by atoms with van der Waals surface area (Å²) in [5.74, 6) is 2.56. The standard InChI is InChI=1S/C18H36N2S.ClH/c1-4-5-6-7-8-9-10-11-12-13-16-21-17-20-15-14-19(3)18(20)2;/h14-15,18H,4-13,16-17H2,1-3H3;1H. The van der Waals surface area contributed by atoms with Crippen LogP contribution >= 0.6 is 11.8 Å². The number of unbranched alkanes of at least 4 members (excludes halogenated alkanes) is 9. The van der Waals surface area contributed by atoms with Gasteiger partial charge in [-0.3, -0.25) is 4.90 Å². The maximum absolute atomic E-state index is 2.30. The summed E-state index contributed by atoms with van der Waals surface area (Å²) < 4.78 is 0. The molecular weight excluding hydrogens is 312 g/mol. The molecule has 0 aromatic carbocycles. The summed E-state index contributed by atoms with van der Waals surface area (Å²) in [5, 5.41) is 0. The van der Waals surface area contributed by atoms with Crippen molar-refractivity contribution in [1.29, 1.82) is 0 Å². The van der Waals surface area contributed by atoms with Gasteiger partial charge in [-0.25, -0.2) is 0 Å². The number of quaternary nitrogens is 1. The highest BCUT2D eigenvalue weighted by atomic mass is 35.5. The van der Waals surface area contributed by atoms with Gasteiger partial charge in [0.2, 0.25) is 0 Å². The van der Waals surface area contributed by atoms with E-state index >= 15 is 0 Å². The molecule has 1 heterocycles. The van der Waals surface area contributed by atoms with Gasteiger partial charge in [-0.2, -0.15) is 0 Å². The van der Waals surface area contributed by atoms with Crippen LogP contribution in [0, 0.1) is 0 Å². The van der Waals surface area contributed by atoms with Crippen molar-refractivity contribution in [3.63, 3.8) is 0 Å². The van der Waals surface area contributed by atoms with Crippen molar-refractivity contribution in [1.82, 2.24) is 4.90 Å². The third-order valence-electron chi connectivity index (χ3n) is 4.58. The van der Waals surface area contributed by atoms with E-state index in [-0.39, 0.29) is 12.4 Å². The van der Waals surface area contributed by atoms with Crippen LogP contribution in [0.25, 0.3) is 0 Å². The van der Waals surface area contributed by atoms with Gasteiger partial charge in [0.1, 0.15) is 12.1 Å². The van der Waals surface area contributed by atoms with Crippen LogP contribution in [0.4, 0.5) is 0 Å². The molecule has 22 heavy (non-hydrogen) atoms. The second kappa shape index (κ2) is 14.7. The van der Waals surface area contributed by atoms with Gasteiger partial charge in [-0.15, -0.1) is 11.8 Å². The minimum Gasteiger partial charge on any atom is -1.00 e. The summed E-state index contributed by atoms with van der Waals surface area (Å²) in [5.41, 5.74) is 0. The first-order chi connectivity index (χ1) is 10.3. The molecule has 1 rings (SSSR count). The van der Waals surface area contributed by atoms with E-state index in [1.165, 1.54) is 75.8 Å². The zero-order chi connectivity index (χ0) is 15.3. The van der Waals surface area contributed by atoms with E-state index < -0.39 is 0 Å². The lowest BCUT2D eigenvalue weighted by atomic mass is 10.1. The third kappa shape index (κ3) is 10.0. The Morgan fingerprint density at radius 1 is 0.955 bits per heavy atom. The number of nitrogens with one attached hydrogen (secondary N) is 1. The maximum atomic E-state index is 2.30. The van der Waals surface area contributed by atoms with E-state index in [9.17, 15) is 0 Å². The predicted octanol–water partition coefficient (Wildman–Crippen LogP) is 1.25. The number of thioether (sulfide) groups is 1. The van der Waals surface area contributed by atoms with E-state index in [4.69, 9.17) is 0 Å². The molecule has 1 N–H and O–H groups in total. The fraction of sp³-hybridized carbons (Fsp3) is 0.889. The predicted molar refractivity (Wildman–Crippen MR) is 96.5 cm³/mol. The van der Waals surface area contributed by atoms with Gasteiger partial charge in [0.25, 0.3) is 0 Å².